The smallest absolute Gasteiger partial charge is 0.251 e. The molecule has 0 atom stereocenters. The van der Waals surface area contributed by atoms with Crippen molar-refractivity contribution in [3.63, 3.8) is 0 Å². The Kier molecular flexibility index (Phi) is 4.20. The second-order valence-electron chi connectivity index (χ2n) is 7.06. The number of ether oxygens (including phenoxy) is 1. The SMILES string of the molecule is COc1ccc(-c2cnc3cnc(-c4ccc(C(=O)NC5CC5)cc4)cn23)cn1. The number of hydrogen-bond donors (Lipinski definition) is 1. The van der Waals surface area contributed by atoms with Crippen molar-refractivity contribution in [2.45, 2.75) is 18.9 Å². The van der Waals surface area contributed by atoms with Crippen molar-refractivity contribution >= 4 is 11.6 Å². The van der Waals surface area contributed by atoms with E-state index in [1.165, 1.54) is 0 Å². The van der Waals surface area contributed by atoms with Crippen LogP contribution in [0.4, 0.5) is 0 Å². The third-order valence-electron chi connectivity index (χ3n) is 4.99. The van der Waals surface area contributed by atoms with Crippen molar-refractivity contribution in [1.82, 2.24) is 24.7 Å². The van der Waals surface area contributed by atoms with Gasteiger partial charge in [0, 0.05) is 41.2 Å². The van der Waals surface area contributed by atoms with Crippen LogP contribution in [0.2, 0.25) is 0 Å². The lowest BCUT2D eigenvalue weighted by Gasteiger charge is -2.07. The Balaban J connectivity index is 1.46. The highest BCUT2D eigenvalue weighted by Crippen LogP contribution is 2.25. The van der Waals surface area contributed by atoms with E-state index in [1.807, 2.05) is 47.0 Å². The van der Waals surface area contributed by atoms with Gasteiger partial charge in [0.25, 0.3) is 5.91 Å². The van der Waals surface area contributed by atoms with Crippen molar-refractivity contribution in [2.24, 2.45) is 0 Å². The number of imidazole rings is 1. The van der Waals surface area contributed by atoms with E-state index >= 15 is 0 Å². The lowest BCUT2D eigenvalue weighted by molar-refractivity contribution is 0.0951. The van der Waals surface area contributed by atoms with Crippen LogP contribution in [0.3, 0.4) is 0 Å². The fraction of sp³-hybridized carbons (Fsp3) is 0.182. The van der Waals surface area contributed by atoms with Crippen LogP contribution in [0.5, 0.6) is 5.88 Å². The molecule has 1 aromatic carbocycles. The van der Waals surface area contributed by atoms with E-state index in [4.69, 9.17) is 4.74 Å². The van der Waals surface area contributed by atoms with Crippen LogP contribution in [0.25, 0.3) is 28.2 Å². The molecule has 0 aliphatic heterocycles. The number of nitrogens with zero attached hydrogens (tertiary/aromatic N) is 4. The predicted molar refractivity (Wildman–Crippen MR) is 109 cm³/mol. The van der Waals surface area contributed by atoms with E-state index in [2.05, 4.69) is 20.3 Å². The Bertz CT molecular complexity index is 1180. The molecule has 1 amide bonds. The fourth-order valence-corrected chi connectivity index (χ4v) is 3.19. The number of aromatic nitrogens is 4. The Morgan fingerprint density at radius 2 is 1.79 bits per heavy atom. The van der Waals surface area contributed by atoms with Gasteiger partial charge in [-0.1, -0.05) is 12.1 Å². The molecular formula is C22H19N5O2. The molecule has 5 rings (SSSR count). The van der Waals surface area contributed by atoms with Crippen molar-refractivity contribution in [2.75, 3.05) is 7.11 Å². The van der Waals surface area contributed by atoms with Gasteiger partial charge < -0.3 is 10.1 Å². The van der Waals surface area contributed by atoms with Crippen LogP contribution < -0.4 is 10.1 Å². The molecule has 0 saturated heterocycles. The summed E-state index contributed by atoms with van der Waals surface area (Å²) in [6.07, 6.45) is 9.39. The first-order valence-corrected chi connectivity index (χ1v) is 9.46. The zero-order chi connectivity index (χ0) is 19.8. The normalized spacial score (nSPS) is 13.4. The molecular weight excluding hydrogens is 366 g/mol. The minimum absolute atomic E-state index is 0.0219. The van der Waals surface area contributed by atoms with Crippen LogP contribution in [0.1, 0.15) is 23.2 Å². The second kappa shape index (κ2) is 7.01. The van der Waals surface area contributed by atoms with Gasteiger partial charge in [0.05, 0.1) is 30.9 Å². The maximum absolute atomic E-state index is 12.2. The van der Waals surface area contributed by atoms with Gasteiger partial charge in [-0.25, -0.2) is 9.97 Å². The van der Waals surface area contributed by atoms with E-state index in [-0.39, 0.29) is 5.91 Å². The van der Waals surface area contributed by atoms with E-state index in [9.17, 15) is 4.79 Å². The second-order valence-corrected chi connectivity index (χ2v) is 7.06. The van der Waals surface area contributed by atoms with E-state index in [1.54, 1.807) is 25.7 Å². The van der Waals surface area contributed by atoms with Crippen LogP contribution in [-0.2, 0) is 0 Å². The molecule has 1 fully saturated rings. The molecule has 0 radical (unpaired) electrons. The summed E-state index contributed by atoms with van der Waals surface area (Å²) in [5.74, 6) is 0.544. The lowest BCUT2D eigenvalue weighted by atomic mass is 10.1. The first-order valence-electron chi connectivity index (χ1n) is 9.46. The van der Waals surface area contributed by atoms with Crippen LogP contribution in [-0.4, -0.2) is 38.4 Å². The number of amides is 1. The summed E-state index contributed by atoms with van der Waals surface area (Å²) in [7, 11) is 1.59. The Hall–Kier alpha value is -3.74. The van der Waals surface area contributed by atoms with Gasteiger partial charge in [-0.3, -0.25) is 14.2 Å². The van der Waals surface area contributed by atoms with Crippen LogP contribution in [0, 0.1) is 0 Å². The molecule has 7 nitrogen and oxygen atoms in total. The van der Waals surface area contributed by atoms with Gasteiger partial charge in [0.15, 0.2) is 5.65 Å². The topological polar surface area (TPSA) is 81.4 Å². The van der Waals surface area contributed by atoms with Crippen molar-refractivity contribution in [1.29, 1.82) is 0 Å². The van der Waals surface area contributed by atoms with Gasteiger partial charge in [-0.05, 0) is 31.0 Å². The number of methoxy groups -OCH3 is 1. The maximum atomic E-state index is 12.2. The third kappa shape index (κ3) is 3.42. The molecule has 0 spiro atoms. The number of carbonyl (C=O) groups is 1. The molecule has 1 aliphatic rings. The number of carbonyl (C=O) groups excluding carboxylic acids is 1. The molecule has 1 N–H and O–H groups in total. The molecule has 1 saturated carbocycles. The van der Waals surface area contributed by atoms with Crippen molar-refractivity contribution in [3.8, 4) is 28.4 Å². The summed E-state index contributed by atoms with van der Waals surface area (Å²) in [6, 6.07) is 11.6. The Labute approximate surface area is 167 Å². The average molecular weight is 385 g/mol. The third-order valence-corrected chi connectivity index (χ3v) is 4.99. The van der Waals surface area contributed by atoms with Gasteiger partial charge in [0.2, 0.25) is 5.88 Å². The molecule has 3 aromatic heterocycles. The highest BCUT2D eigenvalue weighted by atomic mass is 16.5. The maximum Gasteiger partial charge on any atom is 0.251 e. The standard InChI is InChI=1S/C22H19N5O2/c1-29-21-9-6-16(10-25-21)19-11-24-20-12-23-18(13-27(19)20)14-2-4-15(5-3-14)22(28)26-17-7-8-17/h2-6,9-13,17H,7-8H2,1H3,(H,26,28). The number of rotatable bonds is 5. The van der Waals surface area contributed by atoms with Crippen molar-refractivity contribution < 1.29 is 9.53 Å². The van der Waals surface area contributed by atoms with Crippen molar-refractivity contribution in [3.05, 3.63) is 66.7 Å². The molecule has 29 heavy (non-hydrogen) atoms. The first kappa shape index (κ1) is 17.4. The van der Waals surface area contributed by atoms with E-state index in [0.717, 1.165) is 41.0 Å². The summed E-state index contributed by atoms with van der Waals surface area (Å²) in [4.78, 5) is 25.4. The molecule has 0 bridgehead atoms. The van der Waals surface area contributed by atoms with Crippen LogP contribution >= 0.6 is 0 Å². The number of benzene rings is 1. The van der Waals surface area contributed by atoms with Gasteiger partial charge in [-0.2, -0.15) is 0 Å². The lowest BCUT2D eigenvalue weighted by Crippen LogP contribution is -2.25. The quantitative estimate of drug-likeness (QED) is 0.570. The summed E-state index contributed by atoms with van der Waals surface area (Å²) in [5.41, 5.74) is 4.99. The number of nitrogens with one attached hydrogen (secondary N) is 1. The summed E-state index contributed by atoms with van der Waals surface area (Å²) in [6.45, 7) is 0. The van der Waals surface area contributed by atoms with Gasteiger partial charge in [-0.15, -0.1) is 0 Å². The number of hydrogen-bond acceptors (Lipinski definition) is 5. The van der Waals surface area contributed by atoms with E-state index in [0.29, 0.717) is 17.5 Å². The Morgan fingerprint density at radius 1 is 1.00 bits per heavy atom. The summed E-state index contributed by atoms with van der Waals surface area (Å²) >= 11 is 0. The van der Waals surface area contributed by atoms with Gasteiger partial charge >= 0.3 is 0 Å². The highest BCUT2D eigenvalue weighted by Gasteiger charge is 2.23. The average Bonchev–Trinajstić information content (AvgIpc) is 3.49. The highest BCUT2D eigenvalue weighted by molar-refractivity contribution is 5.95. The first-order chi connectivity index (χ1) is 14.2. The fourth-order valence-electron chi connectivity index (χ4n) is 3.19. The van der Waals surface area contributed by atoms with Gasteiger partial charge in [0.1, 0.15) is 0 Å². The number of pyridine rings is 1. The molecule has 0 unspecified atom stereocenters. The minimum Gasteiger partial charge on any atom is -0.481 e. The Morgan fingerprint density at radius 3 is 2.48 bits per heavy atom. The number of fused-ring (bicyclic) bond motifs is 1. The monoisotopic (exact) mass is 385 g/mol. The van der Waals surface area contributed by atoms with E-state index < -0.39 is 0 Å². The molecule has 4 aromatic rings. The molecule has 3 heterocycles. The molecule has 1 aliphatic carbocycles. The summed E-state index contributed by atoms with van der Waals surface area (Å²) < 4.78 is 7.12. The molecule has 144 valence electrons. The zero-order valence-corrected chi connectivity index (χ0v) is 15.9. The zero-order valence-electron chi connectivity index (χ0n) is 15.9. The largest absolute Gasteiger partial charge is 0.481 e. The minimum atomic E-state index is -0.0219. The summed E-state index contributed by atoms with van der Waals surface area (Å²) in [5, 5.41) is 3.00. The van der Waals surface area contributed by atoms with Crippen LogP contribution in [0.15, 0.2) is 61.2 Å². The molecule has 7 heteroatoms. The predicted octanol–water partition coefficient (Wildman–Crippen LogP) is 3.36.